The lowest BCUT2D eigenvalue weighted by atomic mass is 10.0. The molecule has 4 aromatic rings. The first-order valence-corrected chi connectivity index (χ1v) is 13.2. The highest BCUT2D eigenvalue weighted by Crippen LogP contribution is 2.39. The predicted molar refractivity (Wildman–Crippen MR) is 167 cm³/mol. The van der Waals surface area contributed by atoms with E-state index in [1.165, 1.54) is 0 Å². The molecule has 0 fully saturated rings. The number of methoxy groups -OCH3 is 1. The maximum Gasteiger partial charge on any atom is 0.155 e. The summed E-state index contributed by atoms with van der Waals surface area (Å²) < 4.78 is 15.6. The second-order valence-electron chi connectivity index (χ2n) is 8.78. The second kappa shape index (κ2) is 15.9. The summed E-state index contributed by atoms with van der Waals surface area (Å²) in [5, 5.41) is 10.0. The highest BCUT2D eigenvalue weighted by Gasteiger charge is 2.23. The molecule has 0 spiro atoms. The normalized spacial score (nSPS) is 10.7. The third-order valence-corrected chi connectivity index (χ3v) is 6.71. The fourth-order valence-corrected chi connectivity index (χ4v) is 4.83. The molecule has 0 saturated carbocycles. The number of hydrogen-bond acceptors (Lipinski definition) is 6. The maximum absolute atomic E-state index is 11.2. The van der Waals surface area contributed by atoms with E-state index in [0.29, 0.717) is 53.9 Å². The van der Waals surface area contributed by atoms with Crippen molar-refractivity contribution in [1.82, 2.24) is 10.3 Å². The molecule has 216 valence electrons. The van der Waals surface area contributed by atoms with Gasteiger partial charge in [0.1, 0.15) is 22.9 Å². The van der Waals surface area contributed by atoms with Crippen molar-refractivity contribution >= 4 is 58.8 Å². The Labute approximate surface area is 256 Å². The molecule has 0 unspecified atom stereocenters. The molecule has 0 aliphatic heterocycles. The van der Waals surface area contributed by atoms with E-state index in [0.717, 1.165) is 17.6 Å². The van der Waals surface area contributed by atoms with Crippen LogP contribution in [0, 0.1) is 0 Å². The van der Waals surface area contributed by atoms with E-state index in [1.807, 2.05) is 27.7 Å². The Hall–Kier alpha value is -2.77. The summed E-state index contributed by atoms with van der Waals surface area (Å²) in [5.41, 5.74) is 3.44. The first kappa shape index (κ1) is 35.3. The highest BCUT2D eigenvalue weighted by molar-refractivity contribution is 6.39. The molecule has 0 aliphatic rings. The van der Waals surface area contributed by atoms with Gasteiger partial charge in [0.25, 0.3) is 0 Å². The van der Waals surface area contributed by atoms with Crippen molar-refractivity contribution in [3.63, 3.8) is 0 Å². The summed E-state index contributed by atoms with van der Waals surface area (Å²) in [6, 6.07) is 10.5. The quantitative estimate of drug-likeness (QED) is 0.150. The van der Waals surface area contributed by atoms with Gasteiger partial charge < -0.3 is 13.8 Å². The SMILES string of the molecule is C.C.CC(C)c1onc(-c2c(Cl)cccc2Cl)c1C=O.CO/C=C/c1c(-c2c(Cl)cccc2Cl)noc1C(C)C. The van der Waals surface area contributed by atoms with Crippen molar-refractivity contribution < 1.29 is 18.6 Å². The molecule has 4 rings (SSSR count). The van der Waals surface area contributed by atoms with Crippen molar-refractivity contribution in [1.29, 1.82) is 0 Å². The summed E-state index contributed by atoms with van der Waals surface area (Å²) in [7, 11) is 1.58. The van der Waals surface area contributed by atoms with Crippen LogP contribution in [0.2, 0.25) is 20.1 Å². The van der Waals surface area contributed by atoms with Crippen LogP contribution in [0.4, 0.5) is 0 Å². The van der Waals surface area contributed by atoms with Crippen molar-refractivity contribution in [3.8, 4) is 22.5 Å². The number of aldehydes is 1. The number of benzene rings is 2. The fraction of sp³-hybridized carbons (Fsp3) is 0.300. The molecule has 0 amide bonds. The monoisotopic (exact) mass is 626 g/mol. The first-order valence-electron chi connectivity index (χ1n) is 11.6. The Kier molecular flexibility index (Phi) is 14.0. The minimum absolute atomic E-state index is 0. The van der Waals surface area contributed by atoms with Crippen molar-refractivity contribution in [2.75, 3.05) is 7.11 Å². The van der Waals surface area contributed by atoms with Gasteiger partial charge in [-0.2, -0.15) is 0 Å². The number of carbonyl (C=O) groups is 1. The first-order chi connectivity index (χ1) is 18.1. The van der Waals surface area contributed by atoms with Gasteiger partial charge in [0.05, 0.1) is 39.0 Å². The van der Waals surface area contributed by atoms with Gasteiger partial charge in [0.2, 0.25) is 0 Å². The molecule has 2 aromatic heterocycles. The Morgan fingerprint density at radius 2 is 1.10 bits per heavy atom. The Morgan fingerprint density at radius 1 is 0.725 bits per heavy atom. The molecular formula is C30H34Cl4N2O4. The van der Waals surface area contributed by atoms with Crippen LogP contribution in [0.3, 0.4) is 0 Å². The fourth-order valence-electron chi connectivity index (χ4n) is 3.67. The van der Waals surface area contributed by atoms with Crippen LogP contribution in [0.15, 0.2) is 51.7 Å². The molecule has 0 N–H and O–H groups in total. The van der Waals surface area contributed by atoms with E-state index in [4.69, 9.17) is 60.2 Å². The second-order valence-corrected chi connectivity index (χ2v) is 10.4. The zero-order chi connectivity index (χ0) is 28.0. The van der Waals surface area contributed by atoms with Gasteiger partial charge >= 0.3 is 0 Å². The van der Waals surface area contributed by atoms with Gasteiger partial charge in [-0.1, -0.05) is 111 Å². The van der Waals surface area contributed by atoms with Gasteiger partial charge in [0, 0.05) is 28.5 Å². The zero-order valence-corrected chi connectivity index (χ0v) is 24.4. The largest absolute Gasteiger partial charge is 0.504 e. The Morgan fingerprint density at radius 3 is 1.45 bits per heavy atom. The minimum atomic E-state index is 0. The summed E-state index contributed by atoms with van der Waals surface area (Å²) in [6.45, 7) is 7.91. The Balaban J connectivity index is 0.000000383. The molecule has 40 heavy (non-hydrogen) atoms. The van der Waals surface area contributed by atoms with Crippen LogP contribution >= 0.6 is 46.4 Å². The molecule has 0 bridgehead atoms. The van der Waals surface area contributed by atoms with Gasteiger partial charge in [-0.05, 0) is 30.3 Å². The number of rotatable bonds is 7. The van der Waals surface area contributed by atoms with Gasteiger partial charge in [-0.25, -0.2) is 0 Å². The Bertz CT molecular complexity index is 1400. The van der Waals surface area contributed by atoms with Gasteiger partial charge in [-0.3, -0.25) is 4.79 Å². The summed E-state index contributed by atoms with van der Waals surface area (Å²) in [5.74, 6) is 1.56. The van der Waals surface area contributed by atoms with Crippen LogP contribution in [0.1, 0.15) is 81.8 Å². The number of nitrogens with zero attached hydrogens (tertiary/aromatic N) is 2. The van der Waals surface area contributed by atoms with E-state index < -0.39 is 0 Å². The molecule has 0 aliphatic carbocycles. The summed E-state index contributed by atoms with van der Waals surface area (Å²) in [6.07, 6.45) is 4.11. The lowest BCUT2D eigenvalue weighted by molar-refractivity contribution is 0.112. The number of halogens is 4. The number of hydrogen-bond donors (Lipinski definition) is 0. The molecule has 2 heterocycles. The molecule has 0 radical (unpaired) electrons. The molecule has 0 atom stereocenters. The average molecular weight is 628 g/mol. The summed E-state index contributed by atoms with van der Waals surface area (Å²) in [4.78, 5) is 11.2. The lowest BCUT2D eigenvalue weighted by Gasteiger charge is -2.05. The molecule has 10 heteroatoms. The van der Waals surface area contributed by atoms with Gasteiger partial charge in [0.15, 0.2) is 6.29 Å². The molecule has 2 aromatic carbocycles. The smallest absolute Gasteiger partial charge is 0.155 e. The van der Waals surface area contributed by atoms with Crippen LogP contribution in [-0.2, 0) is 4.74 Å². The maximum atomic E-state index is 11.2. The van der Waals surface area contributed by atoms with Crippen molar-refractivity contribution in [2.45, 2.75) is 54.4 Å². The average Bonchev–Trinajstić information content (AvgIpc) is 3.47. The predicted octanol–water partition coefficient (Wildman–Crippen LogP) is 11.2. The molecular weight excluding hydrogens is 594 g/mol. The standard InChI is InChI=1S/C15H15Cl2NO2.C13H11Cl2NO2.2CH4/c1-9(2)15-10(7-8-19-3)14(18-20-15)13-11(16)5-4-6-12(13)17;1-7(2)13-8(6-17)12(16-18-13)11-9(14)4-3-5-10(11)15;;/h4-9H,1-3H3;3-7H,1-2H3;2*1H4/b8-7+;;;. The van der Waals surface area contributed by atoms with Crippen LogP contribution in [0.25, 0.3) is 28.6 Å². The van der Waals surface area contributed by atoms with Crippen molar-refractivity contribution in [3.05, 3.63) is 85.4 Å². The van der Waals surface area contributed by atoms with E-state index in [9.17, 15) is 4.79 Å². The van der Waals surface area contributed by atoms with Crippen LogP contribution in [0.5, 0.6) is 0 Å². The number of ether oxygens (including phenoxy) is 1. The van der Waals surface area contributed by atoms with Crippen LogP contribution in [-0.4, -0.2) is 23.7 Å². The lowest BCUT2D eigenvalue weighted by Crippen LogP contribution is -1.93. The zero-order valence-electron chi connectivity index (χ0n) is 21.4. The van der Waals surface area contributed by atoms with E-state index in [-0.39, 0.29) is 26.7 Å². The molecule has 0 saturated heterocycles. The van der Waals surface area contributed by atoms with E-state index in [1.54, 1.807) is 55.8 Å². The van der Waals surface area contributed by atoms with E-state index >= 15 is 0 Å². The van der Waals surface area contributed by atoms with Crippen LogP contribution < -0.4 is 0 Å². The van der Waals surface area contributed by atoms with Gasteiger partial charge in [-0.15, -0.1) is 0 Å². The van der Waals surface area contributed by atoms with Crippen molar-refractivity contribution in [2.24, 2.45) is 0 Å². The minimum Gasteiger partial charge on any atom is -0.504 e. The topological polar surface area (TPSA) is 78.4 Å². The number of carbonyl (C=O) groups excluding carboxylic acids is 1. The molecule has 6 nitrogen and oxygen atoms in total. The summed E-state index contributed by atoms with van der Waals surface area (Å²) >= 11 is 24.7. The number of aromatic nitrogens is 2. The highest BCUT2D eigenvalue weighted by atomic mass is 35.5. The third kappa shape index (κ3) is 7.70. The third-order valence-electron chi connectivity index (χ3n) is 5.45. The van der Waals surface area contributed by atoms with E-state index in [2.05, 4.69) is 10.3 Å².